The van der Waals surface area contributed by atoms with E-state index in [4.69, 9.17) is 5.73 Å². The molecule has 0 bridgehead atoms. The molecule has 2 aliphatic rings. The van der Waals surface area contributed by atoms with Crippen LogP contribution in [-0.2, 0) is 0 Å². The van der Waals surface area contributed by atoms with Crippen molar-refractivity contribution in [2.45, 2.75) is 84.6 Å². The molecule has 1 aliphatic carbocycles. The highest BCUT2D eigenvalue weighted by Gasteiger charge is 2.42. The molecule has 1 saturated carbocycles. The maximum atomic E-state index is 6.32. The second-order valence-electron chi connectivity index (χ2n) is 8.67. The van der Waals surface area contributed by atoms with E-state index >= 15 is 0 Å². The molecule has 0 aromatic heterocycles. The lowest BCUT2D eigenvalue weighted by Crippen LogP contribution is -2.59. The van der Waals surface area contributed by atoms with E-state index in [9.17, 15) is 0 Å². The van der Waals surface area contributed by atoms with Crippen LogP contribution >= 0.6 is 0 Å². The van der Waals surface area contributed by atoms with E-state index in [0.29, 0.717) is 11.0 Å². The number of nitrogens with two attached hydrogens (primary N) is 1. The zero-order chi connectivity index (χ0) is 15.5. The van der Waals surface area contributed by atoms with Gasteiger partial charge in [-0.3, -0.25) is 4.90 Å². The Balaban J connectivity index is 2.01. The lowest BCUT2D eigenvalue weighted by atomic mass is 9.70. The van der Waals surface area contributed by atoms with Crippen LogP contribution < -0.4 is 5.73 Å². The summed E-state index contributed by atoms with van der Waals surface area (Å²) in [5.74, 6) is 1.73. The predicted octanol–water partition coefficient (Wildman–Crippen LogP) is 4.43. The first kappa shape index (κ1) is 17.3. The van der Waals surface area contributed by atoms with E-state index in [-0.39, 0.29) is 0 Å². The van der Waals surface area contributed by atoms with Crippen LogP contribution in [0.15, 0.2) is 0 Å². The molecule has 2 heteroatoms. The van der Waals surface area contributed by atoms with E-state index in [1.165, 1.54) is 64.5 Å². The molecule has 0 spiro atoms. The highest BCUT2D eigenvalue weighted by molar-refractivity contribution is 4.99. The number of nitrogens with zero attached hydrogens (tertiary/aromatic N) is 1. The normalized spacial score (nSPS) is 34.3. The summed E-state index contributed by atoms with van der Waals surface area (Å²) in [6.45, 7) is 13.0. The molecule has 0 radical (unpaired) electrons. The maximum absolute atomic E-state index is 6.32. The standard InChI is InChI=1S/C19H38N2/c1-5-18(4)9-11-21(12-10-18)19(15-20)8-6-7-17(14-19)13-16(2)3/h16-17H,5-15,20H2,1-4H3. The first-order valence-electron chi connectivity index (χ1n) is 9.38. The van der Waals surface area contributed by atoms with Crippen LogP contribution in [0.25, 0.3) is 0 Å². The summed E-state index contributed by atoms with van der Waals surface area (Å²) in [7, 11) is 0. The predicted molar refractivity (Wildman–Crippen MR) is 92.4 cm³/mol. The molecule has 2 fully saturated rings. The summed E-state index contributed by atoms with van der Waals surface area (Å²) in [6.07, 6.45) is 10.9. The fourth-order valence-corrected chi connectivity index (χ4v) is 4.81. The second kappa shape index (κ2) is 7.00. The van der Waals surface area contributed by atoms with Gasteiger partial charge >= 0.3 is 0 Å². The molecule has 2 rings (SSSR count). The summed E-state index contributed by atoms with van der Waals surface area (Å²) in [6, 6.07) is 0. The summed E-state index contributed by atoms with van der Waals surface area (Å²) >= 11 is 0. The number of piperidine rings is 1. The molecular formula is C19H38N2. The number of likely N-dealkylation sites (tertiary alicyclic amines) is 1. The van der Waals surface area contributed by atoms with Crippen LogP contribution in [0.2, 0.25) is 0 Å². The Bertz CT molecular complexity index is 318. The minimum absolute atomic E-state index is 0.326. The Morgan fingerprint density at radius 2 is 1.86 bits per heavy atom. The van der Waals surface area contributed by atoms with Gasteiger partial charge in [0.05, 0.1) is 0 Å². The summed E-state index contributed by atoms with van der Waals surface area (Å²) in [5, 5.41) is 0. The van der Waals surface area contributed by atoms with E-state index in [1.807, 2.05) is 0 Å². The third-order valence-electron chi connectivity index (χ3n) is 6.60. The van der Waals surface area contributed by atoms with Crippen molar-refractivity contribution in [3.05, 3.63) is 0 Å². The third kappa shape index (κ3) is 4.01. The van der Waals surface area contributed by atoms with Gasteiger partial charge in [0.15, 0.2) is 0 Å². The number of hydrogen-bond donors (Lipinski definition) is 1. The fraction of sp³-hybridized carbons (Fsp3) is 1.00. The van der Waals surface area contributed by atoms with Gasteiger partial charge in [0.25, 0.3) is 0 Å². The molecule has 1 aliphatic heterocycles. The Kier molecular flexibility index (Phi) is 5.76. The minimum atomic E-state index is 0.326. The Hall–Kier alpha value is -0.0800. The zero-order valence-electron chi connectivity index (χ0n) is 15.0. The molecule has 2 N–H and O–H groups in total. The van der Waals surface area contributed by atoms with Crippen molar-refractivity contribution in [2.24, 2.45) is 23.0 Å². The van der Waals surface area contributed by atoms with Gasteiger partial charge in [-0.05, 0) is 62.4 Å². The van der Waals surface area contributed by atoms with Crippen molar-refractivity contribution in [3.8, 4) is 0 Å². The van der Waals surface area contributed by atoms with Gasteiger partial charge in [-0.1, -0.05) is 47.0 Å². The molecule has 0 aromatic rings. The van der Waals surface area contributed by atoms with Gasteiger partial charge in [-0.25, -0.2) is 0 Å². The first-order valence-corrected chi connectivity index (χ1v) is 9.38. The number of hydrogen-bond acceptors (Lipinski definition) is 2. The Morgan fingerprint density at radius 3 is 2.38 bits per heavy atom. The maximum Gasteiger partial charge on any atom is 0.0334 e. The monoisotopic (exact) mass is 294 g/mol. The summed E-state index contributed by atoms with van der Waals surface area (Å²) in [4.78, 5) is 2.79. The quantitative estimate of drug-likeness (QED) is 0.812. The van der Waals surface area contributed by atoms with Crippen molar-refractivity contribution >= 4 is 0 Å². The topological polar surface area (TPSA) is 29.3 Å². The smallest absolute Gasteiger partial charge is 0.0334 e. The van der Waals surface area contributed by atoms with Gasteiger partial charge in [-0.2, -0.15) is 0 Å². The third-order valence-corrected chi connectivity index (χ3v) is 6.60. The molecule has 21 heavy (non-hydrogen) atoms. The largest absolute Gasteiger partial charge is 0.329 e. The lowest BCUT2D eigenvalue weighted by molar-refractivity contribution is -0.0120. The molecule has 2 nitrogen and oxygen atoms in total. The Labute approximate surface area is 132 Å². The summed E-state index contributed by atoms with van der Waals surface area (Å²) in [5.41, 5.74) is 7.23. The van der Waals surface area contributed by atoms with Crippen LogP contribution in [0.1, 0.15) is 79.1 Å². The van der Waals surface area contributed by atoms with Crippen LogP contribution in [-0.4, -0.2) is 30.1 Å². The van der Waals surface area contributed by atoms with Gasteiger partial charge < -0.3 is 5.73 Å². The van der Waals surface area contributed by atoms with E-state index in [1.54, 1.807) is 0 Å². The molecule has 124 valence electrons. The zero-order valence-corrected chi connectivity index (χ0v) is 15.0. The van der Waals surface area contributed by atoms with Crippen molar-refractivity contribution < 1.29 is 0 Å². The highest BCUT2D eigenvalue weighted by atomic mass is 15.2. The average Bonchev–Trinajstić information content (AvgIpc) is 2.47. The van der Waals surface area contributed by atoms with Gasteiger partial charge in [0, 0.05) is 12.1 Å². The first-order chi connectivity index (χ1) is 9.93. The molecule has 0 aromatic carbocycles. The van der Waals surface area contributed by atoms with Crippen LogP contribution in [0, 0.1) is 17.3 Å². The highest BCUT2D eigenvalue weighted by Crippen LogP contribution is 2.43. The van der Waals surface area contributed by atoms with E-state index in [0.717, 1.165) is 18.4 Å². The minimum Gasteiger partial charge on any atom is -0.329 e. The lowest BCUT2D eigenvalue weighted by Gasteiger charge is -2.52. The van der Waals surface area contributed by atoms with Crippen LogP contribution in [0.4, 0.5) is 0 Å². The summed E-state index contributed by atoms with van der Waals surface area (Å²) < 4.78 is 0. The average molecular weight is 295 g/mol. The van der Waals surface area contributed by atoms with Crippen molar-refractivity contribution in [1.29, 1.82) is 0 Å². The molecule has 2 atom stereocenters. The van der Waals surface area contributed by atoms with Gasteiger partial charge in [0.1, 0.15) is 0 Å². The SMILES string of the molecule is CCC1(C)CCN(C2(CN)CCCC(CC(C)C)C2)CC1. The Morgan fingerprint density at radius 1 is 1.19 bits per heavy atom. The molecule has 1 saturated heterocycles. The molecule has 1 heterocycles. The molecule has 2 unspecified atom stereocenters. The van der Waals surface area contributed by atoms with Crippen molar-refractivity contribution in [1.82, 2.24) is 4.90 Å². The molecule has 0 amide bonds. The van der Waals surface area contributed by atoms with Crippen molar-refractivity contribution in [2.75, 3.05) is 19.6 Å². The van der Waals surface area contributed by atoms with E-state index in [2.05, 4.69) is 32.6 Å². The second-order valence-corrected chi connectivity index (χ2v) is 8.67. The van der Waals surface area contributed by atoms with Crippen molar-refractivity contribution in [3.63, 3.8) is 0 Å². The number of rotatable bonds is 5. The van der Waals surface area contributed by atoms with E-state index < -0.39 is 0 Å². The van der Waals surface area contributed by atoms with Gasteiger partial charge in [-0.15, -0.1) is 0 Å². The van der Waals surface area contributed by atoms with Crippen LogP contribution in [0.5, 0.6) is 0 Å². The van der Waals surface area contributed by atoms with Crippen LogP contribution in [0.3, 0.4) is 0 Å². The van der Waals surface area contributed by atoms with Gasteiger partial charge in [0.2, 0.25) is 0 Å². The molecular weight excluding hydrogens is 256 g/mol. The fourth-order valence-electron chi connectivity index (χ4n) is 4.81.